The van der Waals surface area contributed by atoms with E-state index in [1.54, 1.807) is 12.1 Å². The van der Waals surface area contributed by atoms with E-state index in [0.717, 1.165) is 11.3 Å². The zero-order valence-corrected chi connectivity index (χ0v) is 16.6. The van der Waals surface area contributed by atoms with E-state index in [1.807, 2.05) is 12.1 Å². The van der Waals surface area contributed by atoms with Gasteiger partial charge in [-0.05, 0) is 36.1 Å². The average molecular weight is 377 g/mol. The van der Waals surface area contributed by atoms with Crippen LogP contribution in [0.25, 0.3) is 0 Å². The molecule has 0 spiro atoms. The third-order valence-corrected chi connectivity index (χ3v) is 4.20. The highest BCUT2D eigenvalue weighted by Gasteiger charge is 2.19. The van der Waals surface area contributed by atoms with Crippen molar-refractivity contribution in [1.29, 1.82) is 0 Å². The Kier molecular flexibility index (Phi) is 6.54. The van der Waals surface area contributed by atoms with Crippen LogP contribution in [0, 0.1) is 6.92 Å². The second-order valence-electron chi connectivity index (χ2n) is 7.10. The predicted octanol–water partition coefficient (Wildman–Crippen LogP) is 5.22. The Morgan fingerprint density at radius 3 is 2.35 bits per heavy atom. The highest BCUT2D eigenvalue weighted by atomic mass is 35.5. The second-order valence-corrected chi connectivity index (χ2v) is 7.51. The predicted molar refractivity (Wildman–Crippen MR) is 104 cm³/mol. The van der Waals surface area contributed by atoms with Gasteiger partial charge in [-0.1, -0.05) is 50.1 Å². The Labute approximate surface area is 160 Å². The maximum absolute atomic E-state index is 10.9. The molecular formula is C21H25ClO4. The van der Waals surface area contributed by atoms with E-state index in [9.17, 15) is 4.79 Å². The number of hydrogen-bond acceptors (Lipinski definition) is 4. The van der Waals surface area contributed by atoms with Gasteiger partial charge in [-0.25, -0.2) is 0 Å². The van der Waals surface area contributed by atoms with Gasteiger partial charge < -0.3 is 14.2 Å². The fraction of sp³-hybridized carbons (Fsp3) is 0.381. The van der Waals surface area contributed by atoms with Crippen LogP contribution in [0.15, 0.2) is 30.3 Å². The number of carbonyl (C=O) groups is 1. The highest BCUT2D eigenvalue weighted by molar-refractivity contribution is 6.32. The van der Waals surface area contributed by atoms with Crippen molar-refractivity contribution in [3.63, 3.8) is 0 Å². The Morgan fingerprint density at radius 2 is 1.73 bits per heavy atom. The van der Waals surface area contributed by atoms with E-state index in [4.69, 9.17) is 25.8 Å². The third kappa shape index (κ3) is 4.92. The van der Waals surface area contributed by atoms with Crippen LogP contribution in [0.4, 0.5) is 0 Å². The molecule has 26 heavy (non-hydrogen) atoms. The molecule has 0 radical (unpaired) electrons. The van der Waals surface area contributed by atoms with Crippen LogP contribution in [-0.4, -0.2) is 26.6 Å². The van der Waals surface area contributed by atoms with Gasteiger partial charge >= 0.3 is 0 Å². The smallest absolute Gasteiger partial charge is 0.179 e. The maximum atomic E-state index is 10.9. The summed E-state index contributed by atoms with van der Waals surface area (Å²) >= 11 is 6.19. The van der Waals surface area contributed by atoms with Gasteiger partial charge in [0.15, 0.2) is 11.5 Å². The number of benzene rings is 2. The Bertz CT molecular complexity index is 778. The monoisotopic (exact) mass is 376 g/mol. The first-order valence-electron chi connectivity index (χ1n) is 8.45. The van der Waals surface area contributed by atoms with Crippen molar-refractivity contribution in [1.82, 2.24) is 0 Å². The van der Waals surface area contributed by atoms with E-state index < -0.39 is 0 Å². The lowest BCUT2D eigenvalue weighted by Crippen LogP contribution is -2.16. The largest absolute Gasteiger partial charge is 0.493 e. The van der Waals surface area contributed by atoms with Crippen LogP contribution in [0.2, 0.25) is 5.02 Å². The molecule has 5 heteroatoms. The van der Waals surface area contributed by atoms with Crippen molar-refractivity contribution in [2.45, 2.75) is 33.1 Å². The van der Waals surface area contributed by atoms with Gasteiger partial charge in [0.25, 0.3) is 0 Å². The van der Waals surface area contributed by atoms with Gasteiger partial charge in [-0.3, -0.25) is 4.79 Å². The molecule has 0 aliphatic heterocycles. The molecule has 4 nitrogen and oxygen atoms in total. The van der Waals surface area contributed by atoms with E-state index in [2.05, 4.69) is 33.8 Å². The van der Waals surface area contributed by atoms with E-state index in [0.29, 0.717) is 41.6 Å². The quantitative estimate of drug-likeness (QED) is 0.490. The van der Waals surface area contributed by atoms with Gasteiger partial charge in [0.2, 0.25) is 0 Å². The van der Waals surface area contributed by atoms with Crippen molar-refractivity contribution >= 4 is 17.9 Å². The van der Waals surface area contributed by atoms with E-state index in [1.165, 1.54) is 12.7 Å². The first-order chi connectivity index (χ1) is 12.3. The summed E-state index contributed by atoms with van der Waals surface area (Å²) in [5.41, 5.74) is 2.78. The number of ether oxygens (including phenoxy) is 3. The molecule has 0 unspecified atom stereocenters. The number of carbonyl (C=O) groups excluding carboxylic acids is 1. The number of methoxy groups -OCH3 is 1. The number of aldehydes is 1. The molecule has 2 aromatic rings. The summed E-state index contributed by atoms with van der Waals surface area (Å²) in [6.07, 6.45) is 0.715. The molecule has 0 fully saturated rings. The summed E-state index contributed by atoms with van der Waals surface area (Å²) in [5.74, 6) is 1.68. The van der Waals surface area contributed by atoms with Gasteiger partial charge in [0.1, 0.15) is 25.2 Å². The molecule has 0 saturated carbocycles. The summed E-state index contributed by atoms with van der Waals surface area (Å²) in [6, 6.07) is 9.30. The van der Waals surface area contributed by atoms with E-state index in [-0.39, 0.29) is 5.41 Å². The lowest BCUT2D eigenvalue weighted by atomic mass is 9.85. The van der Waals surface area contributed by atoms with Gasteiger partial charge in [-0.15, -0.1) is 0 Å². The minimum Gasteiger partial charge on any atom is -0.493 e. The second kappa shape index (κ2) is 8.45. The van der Waals surface area contributed by atoms with Crippen molar-refractivity contribution < 1.29 is 19.0 Å². The Hall–Kier alpha value is -2.20. The molecule has 2 aromatic carbocycles. The number of rotatable bonds is 7. The van der Waals surface area contributed by atoms with Crippen molar-refractivity contribution in [3.05, 3.63) is 52.0 Å². The molecule has 0 heterocycles. The van der Waals surface area contributed by atoms with Crippen LogP contribution in [0.5, 0.6) is 17.2 Å². The van der Waals surface area contributed by atoms with Crippen LogP contribution in [0.1, 0.15) is 42.3 Å². The van der Waals surface area contributed by atoms with Crippen LogP contribution in [0.3, 0.4) is 0 Å². The fourth-order valence-corrected chi connectivity index (χ4v) is 2.87. The summed E-state index contributed by atoms with van der Waals surface area (Å²) in [5, 5.41) is 0.331. The van der Waals surface area contributed by atoms with Gasteiger partial charge in [0.05, 0.1) is 12.1 Å². The fourth-order valence-electron chi connectivity index (χ4n) is 2.60. The summed E-state index contributed by atoms with van der Waals surface area (Å²) in [6.45, 7) is 9.20. The lowest BCUT2D eigenvalue weighted by molar-refractivity contribution is 0.112. The molecule has 0 aliphatic carbocycles. The van der Waals surface area contributed by atoms with Gasteiger partial charge in [-0.2, -0.15) is 0 Å². The summed E-state index contributed by atoms with van der Waals surface area (Å²) < 4.78 is 16.9. The number of halogens is 1. The van der Waals surface area contributed by atoms with Gasteiger partial charge in [0, 0.05) is 5.56 Å². The maximum Gasteiger partial charge on any atom is 0.179 e. The number of hydrogen-bond donors (Lipinski definition) is 0. The molecule has 2 rings (SSSR count). The zero-order valence-electron chi connectivity index (χ0n) is 15.9. The minimum absolute atomic E-state index is 0.0145. The normalized spacial score (nSPS) is 11.2. The van der Waals surface area contributed by atoms with Crippen molar-refractivity contribution in [2.75, 3.05) is 20.3 Å². The topological polar surface area (TPSA) is 44.8 Å². The standard InChI is InChI=1S/C21H25ClO4/c1-14-6-7-18(16(10-14)21(2,3)4)25-8-9-26-20-17(22)11-15(13-23)12-19(20)24-5/h6-7,10-13H,8-9H2,1-5H3. The average Bonchev–Trinajstić information content (AvgIpc) is 2.59. The molecule has 0 bridgehead atoms. The molecular weight excluding hydrogens is 352 g/mol. The number of aryl methyl sites for hydroxylation is 1. The Morgan fingerprint density at radius 1 is 1.04 bits per heavy atom. The summed E-state index contributed by atoms with van der Waals surface area (Å²) in [7, 11) is 1.51. The molecule has 0 saturated heterocycles. The molecule has 0 aromatic heterocycles. The zero-order chi connectivity index (χ0) is 19.3. The van der Waals surface area contributed by atoms with Crippen LogP contribution in [-0.2, 0) is 5.41 Å². The minimum atomic E-state index is -0.0145. The Balaban J connectivity index is 2.05. The van der Waals surface area contributed by atoms with Crippen LogP contribution >= 0.6 is 11.6 Å². The van der Waals surface area contributed by atoms with Crippen molar-refractivity contribution in [2.24, 2.45) is 0 Å². The molecule has 140 valence electrons. The first-order valence-corrected chi connectivity index (χ1v) is 8.83. The molecule has 0 atom stereocenters. The summed E-state index contributed by atoms with van der Waals surface area (Å²) in [4.78, 5) is 10.9. The molecule has 0 aliphatic rings. The first kappa shape index (κ1) is 20.1. The highest BCUT2D eigenvalue weighted by Crippen LogP contribution is 2.36. The van der Waals surface area contributed by atoms with Crippen LogP contribution < -0.4 is 14.2 Å². The molecule has 0 N–H and O–H groups in total. The SMILES string of the molecule is COc1cc(C=O)cc(Cl)c1OCCOc1ccc(C)cc1C(C)(C)C. The van der Waals surface area contributed by atoms with E-state index >= 15 is 0 Å². The molecule has 0 amide bonds. The lowest BCUT2D eigenvalue weighted by Gasteiger charge is -2.23. The third-order valence-electron chi connectivity index (χ3n) is 3.92. The van der Waals surface area contributed by atoms with Crippen molar-refractivity contribution in [3.8, 4) is 17.2 Å².